The van der Waals surface area contributed by atoms with Gasteiger partial charge in [-0.15, -0.1) is 0 Å². The first-order chi connectivity index (χ1) is 27.9. The van der Waals surface area contributed by atoms with Gasteiger partial charge in [-0.05, 0) is 81.0 Å². The number of hydrogen-bond acceptors (Lipinski definition) is 9. The van der Waals surface area contributed by atoms with Gasteiger partial charge in [0.15, 0.2) is 12.6 Å². The summed E-state index contributed by atoms with van der Waals surface area (Å²) in [4.78, 5) is 54.4. The first-order valence-electron chi connectivity index (χ1n) is 20.2. The molecule has 0 radical (unpaired) electrons. The SMILES string of the molecule is CC(C)CCOc1ccccc1-c1ccccc1OCC(=O)N[C@H](CCCCN)C(=O)N[C@H](CCCNC(=N)N)C(=O)N[C@@H](CC(C)C)C(=O)OCc1ccccc1. The van der Waals surface area contributed by atoms with E-state index in [1.165, 1.54) is 0 Å². The zero-order valence-electron chi connectivity index (χ0n) is 34.4. The molecule has 0 saturated heterocycles. The number of unbranched alkanes of at least 4 members (excludes halogenated alkanes) is 1. The van der Waals surface area contributed by atoms with Gasteiger partial charge >= 0.3 is 5.97 Å². The van der Waals surface area contributed by atoms with Crippen LogP contribution in [0.4, 0.5) is 0 Å². The number of rotatable bonds is 26. The van der Waals surface area contributed by atoms with Crippen LogP contribution >= 0.6 is 0 Å². The molecule has 0 aromatic heterocycles. The third-order valence-corrected chi connectivity index (χ3v) is 9.12. The Morgan fingerprint density at radius 2 is 1.24 bits per heavy atom. The maximum Gasteiger partial charge on any atom is 0.328 e. The number of amides is 3. The Balaban J connectivity index is 1.75. The fourth-order valence-corrected chi connectivity index (χ4v) is 6.03. The molecule has 0 aliphatic rings. The smallest absolute Gasteiger partial charge is 0.328 e. The summed E-state index contributed by atoms with van der Waals surface area (Å²) < 4.78 is 17.7. The summed E-state index contributed by atoms with van der Waals surface area (Å²) in [6.45, 7) is 9.02. The molecule has 14 nitrogen and oxygen atoms in total. The second kappa shape index (κ2) is 25.6. The van der Waals surface area contributed by atoms with Gasteiger partial charge in [-0.1, -0.05) is 94.4 Å². The van der Waals surface area contributed by atoms with Crippen LogP contribution in [0.3, 0.4) is 0 Å². The van der Waals surface area contributed by atoms with Crippen LogP contribution < -0.4 is 42.2 Å². The minimum Gasteiger partial charge on any atom is -0.493 e. The molecule has 3 atom stereocenters. The number of hydrogen-bond donors (Lipinski definition) is 7. The van der Waals surface area contributed by atoms with Gasteiger partial charge in [0.05, 0.1) is 6.61 Å². The Kier molecular flexibility index (Phi) is 20.6. The Morgan fingerprint density at radius 3 is 1.84 bits per heavy atom. The predicted molar refractivity (Wildman–Crippen MR) is 226 cm³/mol. The van der Waals surface area contributed by atoms with Crippen molar-refractivity contribution in [2.75, 3.05) is 26.3 Å². The van der Waals surface area contributed by atoms with E-state index in [4.69, 9.17) is 31.1 Å². The van der Waals surface area contributed by atoms with Gasteiger partial charge in [-0.25, -0.2) is 4.79 Å². The maximum absolute atomic E-state index is 13.9. The van der Waals surface area contributed by atoms with E-state index in [0.29, 0.717) is 56.3 Å². The van der Waals surface area contributed by atoms with E-state index in [9.17, 15) is 19.2 Å². The van der Waals surface area contributed by atoms with Gasteiger partial charge in [0.2, 0.25) is 11.8 Å². The molecule has 3 aromatic carbocycles. The average Bonchev–Trinajstić information content (AvgIpc) is 3.20. The van der Waals surface area contributed by atoms with Gasteiger partial charge in [0.25, 0.3) is 5.91 Å². The van der Waals surface area contributed by atoms with Crippen molar-refractivity contribution in [1.82, 2.24) is 21.3 Å². The van der Waals surface area contributed by atoms with Gasteiger partial charge in [-0.2, -0.15) is 0 Å². The Labute approximate surface area is 343 Å². The number of carbonyl (C=O) groups is 4. The van der Waals surface area contributed by atoms with Crippen molar-refractivity contribution in [2.24, 2.45) is 23.3 Å². The Hall–Kier alpha value is -5.63. The lowest BCUT2D eigenvalue weighted by Crippen LogP contribution is -2.56. The molecule has 9 N–H and O–H groups in total. The number of nitrogens with two attached hydrogens (primary N) is 2. The number of guanidine groups is 1. The van der Waals surface area contributed by atoms with Crippen LogP contribution in [0.5, 0.6) is 11.5 Å². The molecular formula is C44H63N7O7. The summed E-state index contributed by atoms with van der Waals surface area (Å²) in [5.74, 6) is -0.815. The highest BCUT2D eigenvalue weighted by molar-refractivity contribution is 5.93. The molecule has 58 heavy (non-hydrogen) atoms. The van der Waals surface area contributed by atoms with Crippen molar-refractivity contribution in [2.45, 2.75) is 97.4 Å². The van der Waals surface area contributed by atoms with E-state index < -0.39 is 41.8 Å². The second-order valence-electron chi connectivity index (χ2n) is 15.0. The molecule has 316 valence electrons. The number of ether oxygens (including phenoxy) is 3. The summed E-state index contributed by atoms with van der Waals surface area (Å²) in [5.41, 5.74) is 13.6. The second-order valence-corrected chi connectivity index (χ2v) is 15.0. The van der Waals surface area contributed by atoms with E-state index in [1.807, 2.05) is 86.6 Å². The highest BCUT2D eigenvalue weighted by Gasteiger charge is 2.30. The lowest BCUT2D eigenvalue weighted by Gasteiger charge is -2.26. The molecule has 0 heterocycles. The van der Waals surface area contributed by atoms with Crippen molar-refractivity contribution in [3.63, 3.8) is 0 Å². The van der Waals surface area contributed by atoms with Crippen molar-refractivity contribution < 1.29 is 33.4 Å². The van der Waals surface area contributed by atoms with Crippen LogP contribution in [0.15, 0.2) is 78.9 Å². The number of benzene rings is 3. The standard InChI is InChI=1S/C44H63N7O7/c1-30(2)23-26-56-38-21-10-8-17-33(38)34-18-9-11-22-39(34)57-29-40(52)49-35(19-12-13-24-45)41(53)50-36(20-14-25-48-44(46)47)42(54)51-37(27-31(3)4)43(55)58-28-32-15-6-5-7-16-32/h5-11,15-18,21-22,30-31,35-37H,12-14,19-20,23-29,45H2,1-4H3,(H,49,52)(H,50,53)(H,51,54)(H4,46,47,48)/t35-,36-,37+/m1/s1. The average molecular weight is 802 g/mol. The molecule has 3 amide bonds. The van der Waals surface area contributed by atoms with Gasteiger partial charge in [0.1, 0.15) is 36.2 Å². The molecule has 0 saturated carbocycles. The molecule has 0 spiro atoms. The van der Waals surface area contributed by atoms with E-state index >= 15 is 0 Å². The van der Waals surface area contributed by atoms with E-state index in [0.717, 1.165) is 23.1 Å². The molecule has 0 unspecified atom stereocenters. The third-order valence-electron chi connectivity index (χ3n) is 9.12. The maximum atomic E-state index is 13.9. The number of nitrogens with one attached hydrogen (secondary N) is 5. The Morgan fingerprint density at radius 1 is 0.672 bits per heavy atom. The van der Waals surface area contributed by atoms with E-state index in [1.54, 1.807) is 6.07 Å². The summed E-state index contributed by atoms with van der Waals surface area (Å²) in [5, 5.41) is 18.6. The molecule has 0 fully saturated rings. The van der Waals surface area contributed by atoms with Crippen molar-refractivity contribution >= 4 is 29.7 Å². The lowest BCUT2D eigenvalue weighted by molar-refractivity contribution is -0.150. The van der Waals surface area contributed by atoms with Crippen molar-refractivity contribution in [1.29, 1.82) is 5.41 Å². The summed E-state index contributed by atoms with van der Waals surface area (Å²) in [6.07, 6.45) is 3.13. The molecule has 0 bridgehead atoms. The van der Waals surface area contributed by atoms with Crippen LogP contribution in [-0.4, -0.2) is 74.1 Å². The minimum atomic E-state index is -1.09. The third kappa shape index (κ3) is 17.2. The first-order valence-corrected chi connectivity index (χ1v) is 20.2. The monoisotopic (exact) mass is 801 g/mol. The van der Waals surface area contributed by atoms with Crippen LogP contribution in [0.1, 0.15) is 78.2 Å². The molecule has 3 aromatic rings. The van der Waals surface area contributed by atoms with Gasteiger partial charge < -0.3 is 46.9 Å². The van der Waals surface area contributed by atoms with Crippen molar-refractivity contribution in [3.05, 3.63) is 84.4 Å². The summed E-state index contributed by atoms with van der Waals surface area (Å²) in [7, 11) is 0. The molecule has 0 aliphatic heterocycles. The van der Waals surface area contributed by atoms with Gasteiger partial charge in [-0.3, -0.25) is 19.8 Å². The highest BCUT2D eigenvalue weighted by atomic mass is 16.5. The molecule has 14 heteroatoms. The fourth-order valence-electron chi connectivity index (χ4n) is 6.03. The van der Waals surface area contributed by atoms with E-state index in [-0.39, 0.29) is 44.5 Å². The van der Waals surface area contributed by atoms with E-state index in [2.05, 4.69) is 35.1 Å². The quantitative estimate of drug-likeness (QED) is 0.0255. The first kappa shape index (κ1) is 46.8. The lowest BCUT2D eigenvalue weighted by atomic mass is 10.0. The molecule has 3 rings (SSSR count). The highest BCUT2D eigenvalue weighted by Crippen LogP contribution is 2.36. The predicted octanol–water partition coefficient (Wildman–Crippen LogP) is 4.79. The number of para-hydroxylation sites is 2. The fraction of sp³-hybridized carbons (Fsp3) is 0.477. The minimum absolute atomic E-state index is 0.0384. The van der Waals surface area contributed by atoms with Crippen LogP contribution in [0.25, 0.3) is 11.1 Å². The van der Waals surface area contributed by atoms with Crippen molar-refractivity contribution in [3.8, 4) is 22.6 Å². The normalized spacial score (nSPS) is 12.5. The summed E-state index contributed by atoms with van der Waals surface area (Å²) >= 11 is 0. The van der Waals surface area contributed by atoms with Crippen LogP contribution in [0, 0.1) is 17.2 Å². The van der Waals surface area contributed by atoms with Gasteiger partial charge in [0, 0.05) is 17.7 Å². The van der Waals surface area contributed by atoms with Crippen LogP contribution in [-0.2, 0) is 30.5 Å². The molecule has 0 aliphatic carbocycles. The Bertz CT molecular complexity index is 1740. The number of esters is 1. The zero-order chi connectivity index (χ0) is 42.3. The summed E-state index contributed by atoms with van der Waals surface area (Å²) in [6, 6.07) is 21.2. The number of carbonyl (C=O) groups excluding carboxylic acids is 4. The molecular weight excluding hydrogens is 739 g/mol. The topological polar surface area (TPSA) is 220 Å². The zero-order valence-corrected chi connectivity index (χ0v) is 34.4. The largest absolute Gasteiger partial charge is 0.493 e. The van der Waals surface area contributed by atoms with Crippen LogP contribution in [0.2, 0.25) is 0 Å².